The molecule has 0 amide bonds. The van der Waals surface area contributed by atoms with Gasteiger partial charge in [0.2, 0.25) is 0 Å². The van der Waals surface area contributed by atoms with Crippen LogP contribution in [-0.4, -0.2) is 23.8 Å². The first-order chi connectivity index (χ1) is 18.7. The Morgan fingerprint density at radius 1 is 0.641 bits per heavy atom. The first-order valence-corrected chi connectivity index (χ1v) is 13.4. The molecule has 7 rings (SSSR count). The Balaban J connectivity index is 1.50. The molecule has 0 spiro atoms. The summed E-state index contributed by atoms with van der Waals surface area (Å²) in [7, 11) is 0.337. The highest BCUT2D eigenvalue weighted by atomic mass is 16.5. The summed E-state index contributed by atoms with van der Waals surface area (Å²) in [4.78, 5) is 0. The Bertz CT molecular complexity index is 2040. The molecule has 0 aliphatic rings. The number of hydrogen-bond donors (Lipinski definition) is 1. The summed E-state index contributed by atoms with van der Waals surface area (Å²) in [5.74, 6) is 0. The van der Waals surface area contributed by atoms with E-state index in [2.05, 4.69) is 66.7 Å². The van der Waals surface area contributed by atoms with E-state index in [9.17, 15) is 5.11 Å². The van der Waals surface area contributed by atoms with E-state index in [1.807, 2.05) is 38.1 Å². The fourth-order valence-electron chi connectivity index (χ4n) is 5.36. The molecule has 0 unspecified atom stereocenters. The van der Waals surface area contributed by atoms with Gasteiger partial charge in [-0.25, -0.2) is 0 Å². The van der Waals surface area contributed by atoms with Gasteiger partial charge in [0.1, 0.15) is 22.3 Å². The van der Waals surface area contributed by atoms with Crippen LogP contribution >= 0.6 is 0 Å². The van der Waals surface area contributed by atoms with Gasteiger partial charge in [0.25, 0.3) is 0 Å². The normalized spacial score (nSPS) is 12.8. The van der Waals surface area contributed by atoms with Crippen molar-refractivity contribution >= 4 is 67.6 Å². The second kappa shape index (κ2) is 8.47. The van der Waals surface area contributed by atoms with Crippen molar-refractivity contribution in [2.45, 2.75) is 38.9 Å². The lowest BCUT2D eigenvalue weighted by molar-refractivity contribution is -0.0893. The monoisotopic (exact) mass is 512 g/mol. The number of rotatable bonds is 5. The maximum absolute atomic E-state index is 10.7. The molecule has 0 aliphatic heterocycles. The lowest BCUT2D eigenvalue weighted by Crippen LogP contribution is -2.49. The zero-order valence-electron chi connectivity index (χ0n) is 22.5. The van der Waals surface area contributed by atoms with E-state index in [1.165, 1.54) is 0 Å². The highest BCUT2D eigenvalue weighted by Gasteiger charge is 2.36. The van der Waals surface area contributed by atoms with Gasteiger partial charge in [0, 0.05) is 32.7 Å². The highest BCUT2D eigenvalue weighted by molar-refractivity contribution is 6.53. The average molecular weight is 512 g/mol. The standard InChI is InChI=1S/C34H29BO4/c1-33(2,36)34(3,4)39-35-27-17-16-25(24-14-9-13-23-22-12-7-8-15-28(22)37-31(23)24)32-30(27)26-18-20-10-5-6-11-21(20)19-29(26)38-32/h5-19,35-36H,1-4H3. The van der Waals surface area contributed by atoms with Gasteiger partial charge in [-0.3, -0.25) is 0 Å². The summed E-state index contributed by atoms with van der Waals surface area (Å²) in [6, 6.07) is 31.3. The molecule has 5 aromatic carbocycles. The molecule has 0 fully saturated rings. The first-order valence-electron chi connectivity index (χ1n) is 13.4. The van der Waals surface area contributed by atoms with Crippen LogP contribution in [0, 0.1) is 0 Å². The molecule has 2 heterocycles. The average Bonchev–Trinajstić information content (AvgIpc) is 3.48. The van der Waals surface area contributed by atoms with E-state index < -0.39 is 11.2 Å². The molecular weight excluding hydrogens is 483 g/mol. The Labute approximate surface area is 227 Å². The third-order valence-corrected chi connectivity index (χ3v) is 8.33. The molecule has 7 aromatic rings. The molecule has 2 aromatic heterocycles. The second-order valence-electron chi connectivity index (χ2n) is 11.4. The van der Waals surface area contributed by atoms with Gasteiger partial charge in [-0.2, -0.15) is 0 Å². The van der Waals surface area contributed by atoms with E-state index in [4.69, 9.17) is 13.5 Å². The minimum absolute atomic E-state index is 0.337. The molecule has 0 saturated carbocycles. The first kappa shape index (κ1) is 24.0. The summed E-state index contributed by atoms with van der Waals surface area (Å²) in [5, 5.41) is 17.2. The fraction of sp³-hybridized carbons (Fsp3) is 0.176. The van der Waals surface area contributed by atoms with Crippen LogP contribution in [0.3, 0.4) is 0 Å². The quantitative estimate of drug-likeness (QED) is 0.239. The number of aliphatic hydroxyl groups is 1. The number of fused-ring (bicyclic) bond motifs is 7. The minimum Gasteiger partial charge on any atom is -0.455 e. The maximum atomic E-state index is 10.7. The predicted molar refractivity (Wildman–Crippen MR) is 162 cm³/mol. The fourth-order valence-corrected chi connectivity index (χ4v) is 5.36. The highest BCUT2D eigenvalue weighted by Crippen LogP contribution is 2.41. The minimum atomic E-state index is -1.00. The molecule has 0 bridgehead atoms. The molecule has 0 saturated heterocycles. The van der Waals surface area contributed by atoms with E-state index in [0.717, 1.165) is 71.2 Å². The number of hydrogen-bond acceptors (Lipinski definition) is 4. The summed E-state index contributed by atoms with van der Waals surface area (Å²) >= 11 is 0. The lowest BCUT2D eigenvalue weighted by atomic mass is 9.79. The van der Waals surface area contributed by atoms with E-state index >= 15 is 0 Å². The van der Waals surface area contributed by atoms with Crippen LogP contribution in [0.2, 0.25) is 0 Å². The van der Waals surface area contributed by atoms with Crippen molar-refractivity contribution in [2.24, 2.45) is 0 Å². The van der Waals surface area contributed by atoms with Crippen molar-refractivity contribution in [1.29, 1.82) is 0 Å². The number of para-hydroxylation sites is 2. The van der Waals surface area contributed by atoms with Crippen LogP contribution in [0.15, 0.2) is 99.8 Å². The van der Waals surface area contributed by atoms with Crippen LogP contribution < -0.4 is 5.46 Å². The summed E-state index contributed by atoms with van der Waals surface area (Å²) in [6.45, 7) is 7.39. The summed E-state index contributed by atoms with van der Waals surface area (Å²) < 4.78 is 19.4. The van der Waals surface area contributed by atoms with Gasteiger partial charge in [0.15, 0.2) is 0 Å². The zero-order valence-corrected chi connectivity index (χ0v) is 22.5. The van der Waals surface area contributed by atoms with E-state index in [1.54, 1.807) is 13.8 Å². The topological polar surface area (TPSA) is 55.7 Å². The van der Waals surface area contributed by atoms with Crippen LogP contribution in [-0.2, 0) is 4.65 Å². The molecule has 0 aliphatic carbocycles. The van der Waals surface area contributed by atoms with Gasteiger partial charge >= 0.3 is 7.48 Å². The molecule has 5 heteroatoms. The maximum Gasteiger partial charge on any atom is 0.310 e. The molecule has 1 N–H and O–H groups in total. The van der Waals surface area contributed by atoms with E-state index in [0.29, 0.717) is 7.48 Å². The third-order valence-electron chi connectivity index (χ3n) is 8.33. The summed E-state index contributed by atoms with van der Waals surface area (Å²) in [5.41, 5.74) is 4.57. The third kappa shape index (κ3) is 3.76. The Morgan fingerprint density at radius 2 is 1.31 bits per heavy atom. The number of furan rings is 2. The Hall–Kier alpha value is -4.06. The van der Waals surface area contributed by atoms with Crippen molar-refractivity contribution in [3.63, 3.8) is 0 Å². The second-order valence-corrected chi connectivity index (χ2v) is 11.4. The van der Waals surface area contributed by atoms with E-state index in [-0.39, 0.29) is 0 Å². The van der Waals surface area contributed by atoms with Crippen molar-refractivity contribution in [3.8, 4) is 11.1 Å². The molecular formula is C34H29BO4. The zero-order chi connectivity index (χ0) is 26.9. The van der Waals surface area contributed by atoms with Crippen molar-refractivity contribution in [1.82, 2.24) is 0 Å². The Morgan fingerprint density at radius 3 is 2.10 bits per heavy atom. The Kier molecular flexibility index (Phi) is 5.22. The molecule has 39 heavy (non-hydrogen) atoms. The van der Waals surface area contributed by atoms with Gasteiger partial charge in [-0.15, -0.1) is 0 Å². The van der Waals surface area contributed by atoms with Gasteiger partial charge in [-0.05, 0) is 62.1 Å². The molecule has 0 radical (unpaired) electrons. The molecule has 4 nitrogen and oxygen atoms in total. The summed E-state index contributed by atoms with van der Waals surface area (Å²) in [6.07, 6.45) is 0. The van der Waals surface area contributed by atoms with Crippen LogP contribution in [0.1, 0.15) is 27.7 Å². The number of benzene rings is 5. The lowest BCUT2D eigenvalue weighted by Gasteiger charge is -2.37. The van der Waals surface area contributed by atoms with Crippen molar-refractivity contribution in [3.05, 3.63) is 91.0 Å². The van der Waals surface area contributed by atoms with Gasteiger partial charge in [0.05, 0.1) is 11.2 Å². The van der Waals surface area contributed by atoms with Crippen LogP contribution in [0.4, 0.5) is 0 Å². The largest absolute Gasteiger partial charge is 0.455 e. The SMILES string of the molecule is CC(C)(O)C(C)(C)OBc1ccc(-c2cccc3c2oc2ccccc23)c2oc3cc4ccccc4cc3c12. The van der Waals surface area contributed by atoms with Crippen LogP contribution in [0.5, 0.6) is 0 Å². The van der Waals surface area contributed by atoms with Gasteiger partial charge in [-0.1, -0.05) is 72.8 Å². The molecule has 0 atom stereocenters. The predicted octanol–water partition coefficient (Wildman–Crippen LogP) is 7.85. The van der Waals surface area contributed by atoms with Gasteiger partial charge < -0.3 is 18.6 Å². The van der Waals surface area contributed by atoms with Crippen molar-refractivity contribution < 1.29 is 18.6 Å². The van der Waals surface area contributed by atoms with Crippen molar-refractivity contribution in [2.75, 3.05) is 0 Å². The van der Waals surface area contributed by atoms with Crippen LogP contribution in [0.25, 0.3) is 65.8 Å². The smallest absolute Gasteiger partial charge is 0.310 e. The molecule has 192 valence electrons.